The van der Waals surface area contributed by atoms with Gasteiger partial charge in [-0.25, -0.2) is 0 Å². The molecule has 0 bridgehead atoms. The molecule has 0 spiro atoms. The molecule has 0 amide bonds. The Morgan fingerprint density at radius 2 is 2.00 bits per heavy atom. The van der Waals surface area contributed by atoms with Gasteiger partial charge in [0.05, 0.1) is 0 Å². The van der Waals surface area contributed by atoms with E-state index in [9.17, 15) is 4.79 Å². The molecule has 0 aliphatic carbocycles. The normalized spacial score (nSPS) is 13.8. The fraction of sp³-hybridized carbons (Fsp3) is 0.300. The van der Waals surface area contributed by atoms with Crippen LogP contribution in [0.1, 0.15) is 5.56 Å². The van der Waals surface area contributed by atoms with Crippen LogP contribution in [-0.4, -0.2) is 19.5 Å². The average Bonchev–Trinajstić information content (AvgIpc) is 2.18. The minimum absolute atomic E-state index is 0.302. The van der Waals surface area contributed by atoms with E-state index in [2.05, 4.69) is 0 Å². The third-order valence-electron chi connectivity index (χ3n) is 1.88. The van der Waals surface area contributed by atoms with Gasteiger partial charge in [-0.1, -0.05) is 6.07 Å². The van der Waals surface area contributed by atoms with Crippen LogP contribution in [0.25, 0.3) is 0 Å². The van der Waals surface area contributed by atoms with Gasteiger partial charge in [-0.3, -0.25) is 4.79 Å². The SMILES string of the molecule is O=[C]Cc1ccc2c(c1)OCCO2. The Bertz CT molecular complexity index is 320. The lowest BCUT2D eigenvalue weighted by molar-refractivity contribution is 0.171. The van der Waals surface area contributed by atoms with Crippen LogP contribution in [0.15, 0.2) is 18.2 Å². The highest BCUT2D eigenvalue weighted by Crippen LogP contribution is 2.30. The highest BCUT2D eigenvalue weighted by atomic mass is 16.6. The maximum atomic E-state index is 10.1. The zero-order valence-corrected chi connectivity index (χ0v) is 7.08. The number of ether oxygens (including phenoxy) is 2. The molecule has 3 nitrogen and oxygen atoms in total. The van der Waals surface area contributed by atoms with E-state index in [1.54, 1.807) is 0 Å². The Kier molecular flexibility index (Phi) is 2.17. The van der Waals surface area contributed by atoms with Gasteiger partial charge >= 0.3 is 0 Å². The number of rotatable bonds is 2. The molecule has 1 aliphatic rings. The molecule has 67 valence electrons. The van der Waals surface area contributed by atoms with Crippen LogP contribution < -0.4 is 9.47 Å². The zero-order chi connectivity index (χ0) is 9.10. The number of fused-ring (bicyclic) bond motifs is 1. The van der Waals surface area contributed by atoms with Gasteiger partial charge in [0.2, 0.25) is 6.29 Å². The van der Waals surface area contributed by atoms with Crippen molar-refractivity contribution < 1.29 is 14.3 Å². The molecular formula is C10H9O3. The molecule has 3 heteroatoms. The van der Waals surface area contributed by atoms with Crippen molar-refractivity contribution in [1.82, 2.24) is 0 Å². The molecule has 1 aromatic rings. The molecule has 1 heterocycles. The molecule has 0 atom stereocenters. The van der Waals surface area contributed by atoms with E-state index < -0.39 is 0 Å². The van der Waals surface area contributed by atoms with Crippen LogP contribution in [0.4, 0.5) is 0 Å². The van der Waals surface area contributed by atoms with E-state index >= 15 is 0 Å². The second-order valence-corrected chi connectivity index (χ2v) is 2.80. The third kappa shape index (κ3) is 1.64. The van der Waals surface area contributed by atoms with E-state index in [-0.39, 0.29) is 0 Å². The predicted molar refractivity (Wildman–Crippen MR) is 46.8 cm³/mol. The lowest BCUT2D eigenvalue weighted by Crippen LogP contribution is -2.15. The molecule has 1 radical (unpaired) electrons. The van der Waals surface area contributed by atoms with Gasteiger partial charge in [-0.2, -0.15) is 0 Å². The monoisotopic (exact) mass is 177 g/mol. The van der Waals surface area contributed by atoms with E-state index in [0.29, 0.717) is 19.6 Å². The lowest BCUT2D eigenvalue weighted by Gasteiger charge is -2.18. The van der Waals surface area contributed by atoms with E-state index in [1.807, 2.05) is 24.5 Å². The molecule has 2 rings (SSSR count). The Labute approximate surface area is 76.3 Å². The fourth-order valence-electron chi connectivity index (χ4n) is 1.28. The second kappa shape index (κ2) is 3.47. The first kappa shape index (κ1) is 8.10. The van der Waals surface area contributed by atoms with Gasteiger partial charge in [-0.15, -0.1) is 0 Å². The number of carbonyl (C=O) groups excluding carboxylic acids is 1. The standard InChI is InChI=1S/C10H9O3/c11-4-3-8-1-2-9-10(7-8)13-6-5-12-9/h1-2,7H,3,5-6H2. The van der Waals surface area contributed by atoms with Crippen LogP contribution in [0, 0.1) is 0 Å². The van der Waals surface area contributed by atoms with Crippen molar-refractivity contribution in [2.45, 2.75) is 6.42 Å². The molecule has 1 aliphatic heterocycles. The maximum absolute atomic E-state index is 10.1. The number of benzene rings is 1. The van der Waals surface area contributed by atoms with Crippen molar-refractivity contribution in [1.29, 1.82) is 0 Å². The molecule has 13 heavy (non-hydrogen) atoms. The van der Waals surface area contributed by atoms with Crippen LogP contribution in [0.5, 0.6) is 11.5 Å². The van der Waals surface area contributed by atoms with Crippen molar-refractivity contribution >= 4 is 6.29 Å². The fourth-order valence-corrected chi connectivity index (χ4v) is 1.28. The summed E-state index contributed by atoms with van der Waals surface area (Å²) in [6, 6.07) is 5.49. The molecule has 0 saturated heterocycles. The third-order valence-corrected chi connectivity index (χ3v) is 1.88. The summed E-state index contributed by atoms with van der Waals surface area (Å²) in [5.74, 6) is 1.47. The van der Waals surface area contributed by atoms with Gasteiger partial charge in [0.15, 0.2) is 11.5 Å². The van der Waals surface area contributed by atoms with Crippen LogP contribution in [0.3, 0.4) is 0 Å². The Morgan fingerprint density at radius 3 is 2.77 bits per heavy atom. The zero-order valence-electron chi connectivity index (χ0n) is 7.08. The van der Waals surface area contributed by atoms with Gasteiger partial charge < -0.3 is 9.47 Å². The molecule has 1 aromatic carbocycles. The number of hydrogen-bond donors (Lipinski definition) is 0. The summed E-state index contributed by atoms with van der Waals surface area (Å²) >= 11 is 0. The largest absolute Gasteiger partial charge is 0.486 e. The van der Waals surface area contributed by atoms with Gasteiger partial charge in [0.25, 0.3) is 0 Å². The van der Waals surface area contributed by atoms with Crippen LogP contribution in [-0.2, 0) is 11.2 Å². The van der Waals surface area contributed by atoms with E-state index in [0.717, 1.165) is 17.1 Å². The molecule has 0 unspecified atom stereocenters. The van der Waals surface area contributed by atoms with Crippen LogP contribution >= 0.6 is 0 Å². The summed E-state index contributed by atoms with van der Waals surface area (Å²) in [5.41, 5.74) is 0.902. The van der Waals surface area contributed by atoms with Crippen molar-refractivity contribution in [3.8, 4) is 11.5 Å². The van der Waals surface area contributed by atoms with Crippen LogP contribution in [0.2, 0.25) is 0 Å². The molecule has 0 saturated carbocycles. The molecule has 0 aromatic heterocycles. The van der Waals surface area contributed by atoms with E-state index in [1.165, 1.54) is 0 Å². The predicted octanol–water partition coefficient (Wildman–Crippen LogP) is 1.11. The highest BCUT2D eigenvalue weighted by Gasteiger charge is 2.11. The topological polar surface area (TPSA) is 35.5 Å². The summed E-state index contributed by atoms with van der Waals surface area (Å²) < 4.78 is 10.7. The summed E-state index contributed by atoms with van der Waals surface area (Å²) in [5, 5.41) is 0. The Balaban J connectivity index is 2.29. The first-order valence-corrected chi connectivity index (χ1v) is 4.13. The highest BCUT2D eigenvalue weighted by molar-refractivity contribution is 5.57. The van der Waals surface area contributed by atoms with Crippen molar-refractivity contribution in [2.75, 3.05) is 13.2 Å². The van der Waals surface area contributed by atoms with Crippen molar-refractivity contribution in [3.05, 3.63) is 23.8 Å². The van der Waals surface area contributed by atoms with E-state index in [4.69, 9.17) is 9.47 Å². The molecule has 0 fully saturated rings. The van der Waals surface area contributed by atoms with Gasteiger partial charge in [0.1, 0.15) is 13.2 Å². The first-order chi connectivity index (χ1) is 6.40. The van der Waals surface area contributed by atoms with Crippen molar-refractivity contribution in [3.63, 3.8) is 0 Å². The molecular weight excluding hydrogens is 168 g/mol. The quantitative estimate of drug-likeness (QED) is 0.678. The smallest absolute Gasteiger partial charge is 0.203 e. The maximum Gasteiger partial charge on any atom is 0.203 e. The van der Waals surface area contributed by atoms with Crippen molar-refractivity contribution in [2.24, 2.45) is 0 Å². The minimum Gasteiger partial charge on any atom is -0.486 e. The first-order valence-electron chi connectivity index (χ1n) is 4.13. The minimum atomic E-state index is 0.302. The second-order valence-electron chi connectivity index (χ2n) is 2.80. The van der Waals surface area contributed by atoms with Gasteiger partial charge in [-0.05, 0) is 17.7 Å². The summed E-state index contributed by atoms with van der Waals surface area (Å²) in [6.45, 7) is 1.16. The van der Waals surface area contributed by atoms with Gasteiger partial charge in [0, 0.05) is 6.42 Å². The Morgan fingerprint density at radius 1 is 1.23 bits per heavy atom. The Hall–Kier alpha value is -1.51. The molecule has 0 N–H and O–H groups in total. The lowest BCUT2D eigenvalue weighted by atomic mass is 10.1. The average molecular weight is 177 g/mol. The summed E-state index contributed by atoms with van der Waals surface area (Å²) in [6.07, 6.45) is 2.15. The summed E-state index contributed by atoms with van der Waals surface area (Å²) in [7, 11) is 0. The summed E-state index contributed by atoms with van der Waals surface area (Å²) in [4.78, 5) is 10.1. The number of hydrogen-bond acceptors (Lipinski definition) is 3.